The maximum absolute atomic E-state index is 12.4. The van der Waals surface area contributed by atoms with E-state index in [2.05, 4.69) is 61.7 Å². The number of ether oxygens (including phenoxy) is 1. The van der Waals surface area contributed by atoms with Gasteiger partial charge in [-0.3, -0.25) is 9.59 Å². The van der Waals surface area contributed by atoms with Gasteiger partial charge in [0.05, 0.1) is 25.4 Å². The van der Waals surface area contributed by atoms with E-state index in [1.165, 1.54) is 199 Å². The summed E-state index contributed by atoms with van der Waals surface area (Å²) >= 11 is 0. The molecule has 0 aliphatic heterocycles. The Morgan fingerprint density at radius 3 is 1.19 bits per heavy atom. The van der Waals surface area contributed by atoms with Crippen molar-refractivity contribution >= 4 is 11.9 Å². The van der Waals surface area contributed by atoms with Crippen LogP contribution in [-0.2, 0) is 14.3 Å². The summed E-state index contributed by atoms with van der Waals surface area (Å²) in [5.74, 6) is -0.175. The number of allylic oxidation sites excluding steroid dienone is 9. The molecule has 0 aromatic rings. The van der Waals surface area contributed by atoms with Crippen LogP contribution >= 0.6 is 0 Å². The molecule has 2 atom stereocenters. The van der Waals surface area contributed by atoms with E-state index in [9.17, 15) is 19.8 Å². The van der Waals surface area contributed by atoms with Gasteiger partial charge in [-0.15, -0.1) is 0 Å². The molecule has 0 saturated heterocycles. The van der Waals surface area contributed by atoms with Gasteiger partial charge in [0.15, 0.2) is 0 Å². The van der Waals surface area contributed by atoms with Crippen molar-refractivity contribution in [2.75, 3.05) is 13.2 Å². The Labute approximate surface area is 416 Å². The van der Waals surface area contributed by atoms with Gasteiger partial charge in [-0.2, -0.15) is 0 Å². The summed E-state index contributed by atoms with van der Waals surface area (Å²) in [6, 6.07) is -0.674. The summed E-state index contributed by atoms with van der Waals surface area (Å²) in [5, 5.41) is 23.1. The molecule has 67 heavy (non-hydrogen) atoms. The van der Waals surface area contributed by atoms with Crippen molar-refractivity contribution in [2.45, 2.75) is 302 Å². The number of hydrogen-bond acceptors (Lipinski definition) is 5. The fourth-order valence-corrected chi connectivity index (χ4v) is 8.54. The van der Waals surface area contributed by atoms with Crippen LogP contribution in [0, 0.1) is 0 Å². The van der Waals surface area contributed by atoms with Crippen molar-refractivity contribution in [3.63, 3.8) is 0 Å². The number of rotatable bonds is 53. The lowest BCUT2D eigenvalue weighted by atomic mass is 10.0. The van der Waals surface area contributed by atoms with Crippen molar-refractivity contribution in [3.05, 3.63) is 60.8 Å². The highest BCUT2D eigenvalue weighted by molar-refractivity contribution is 5.76. The number of unbranched alkanes of at least 4 members (excludes halogenated alkanes) is 34. The van der Waals surface area contributed by atoms with Crippen LogP contribution in [0.4, 0.5) is 0 Å². The average molecular weight is 939 g/mol. The average Bonchev–Trinajstić information content (AvgIpc) is 3.33. The van der Waals surface area contributed by atoms with Crippen LogP contribution in [0.3, 0.4) is 0 Å². The number of aliphatic hydroxyl groups excluding tert-OH is 2. The van der Waals surface area contributed by atoms with Gasteiger partial charge >= 0.3 is 5.97 Å². The van der Waals surface area contributed by atoms with Crippen LogP contribution in [0.2, 0.25) is 0 Å². The molecule has 0 aliphatic rings. The van der Waals surface area contributed by atoms with Crippen molar-refractivity contribution < 1.29 is 24.5 Å². The zero-order valence-corrected chi connectivity index (χ0v) is 44.4. The molecule has 0 heterocycles. The lowest BCUT2D eigenvalue weighted by molar-refractivity contribution is -0.143. The quantitative estimate of drug-likeness (QED) is 0.0321. The maximum Gasteiger partial charge on any atom is 0.305 e. The largest absolute Gasteiger partial charge is 0.466 e. The number of hydrogen-bond donors (Lipinski definition) is 3. The SMILES string of the molecule is CCCCC/C=C\C/C=C\CCCCCCCCCC(=O)OCCCCCCCC/C=C\C/C=C\CCC(=O)NC(CO)C(O)/C=C/CCCCCCCCCCCCCCCCCCCC. The van der Waals surface area contributed by atoms with Crippen LogP contribution in [0.15, 0.2) is 60.8 Å². The predicted octanol–water partition coefficient (Wildman–Crippen LogP) is 18.0. The highest BCUT2D eigenvalue weighted by atomic mass is 16.5. The minimum Gasteiger partial charge on any atom is -0.466 e. The minimum absolute atomic E-state index is 0.0267. The fourth-order valence-electron chi connectivity index (χ4n) is 8.54. The van der Waals surface area contributed by atoms with Crippen LogP contribution in [0.1, 0.15) is 290 Å². The fraction of sp³-hybridized carbons (Fsp3) is 0.803. The minimum atomic E-state index is -0.882. The highest BCUT2D eigenvalue weighted by Crippen LogP contribution is 2.16. The summed E-state index contributed by atoms with van der Waals surface area (Å²) in [6.45, 7) is 4.81. The molecular formula is C61H111NO5. The Balaban J connectivity index is 3.58. The number of carbonyl (C=O) groups excluding carboxylic acids is 2. The van der Waals surface area contributed by atoms with E-state index in [-0.39, 0.29) is 18.5 Å². The second-order valence-electron chi connectivity index (χ2n) is 19.6. The van der Waals surface area contributed by atoms with Crippen molar-refractivity contribution in [1.82, 2.24) is 5.32 Å². The van der Waals surface area contributed by atoms with E-state index in [0.29, 0.717) is 25.9 Å². The van der Waals surface area contributed by atoms with Crippen molar-refractivity contribution in [2.24, 2.45) is 0 Å². The van der Waals surface area contributed by atoms with Crippen LogP contribution < -0.4 is 5.32 Å². The molecule has 0 radical (unpaired) electrons. The standard InChI is InChI=1S/C61H111NO5/c1-3-5-7-9-11-13-15-17-19-21-22-23-25-26-29-33-37-41-45-49-53-59(64)58(57-63)62-60(65)54-50-46-42-38-34-30-28-32-36-40-44-48-52-56-67-61(66)55-51-47-43-39-35-31-27-24-20-18-16-14-12-10-8-6-4-2/h12,14,18,20,30,34,42,46,49,53,58-59,63-64H,3-11,13,15-17,19,21-29,31-33,35-41,43-45,47-48,50-52,54-57H2,1-2H3,(H,62,65)/b14-12-,20-18-,34-30-,46-42-,53-49+. The third-order valence-electron chi connectivity index (χ3n) is 13.0. The number of carbonyl (C=O) groups is 2. The first-order valence-electron chi connectivity index (χ1n) is 29.1. The van der Waals surface area contributed by atoms with Crippen molar-refractivity contribution in [1.29, 1.82) is 0 Å². The molecule has 0 aromatic heterocycles. The van der Waals surface area contributed by atoms with E-state index in [1.807, 2.05) is 12.2 Å². The third kappa shape index (κ3) is 52.8. The summed E-state index contributed by atoms with van der Waals surface area (Å²) in [4.78, 5) is 24.5. The number of nitrogens with one attached hydrogen (secondary N) is 1. The summed E-state index contributed by atoms with van der Waals surface area (Å²) in [5.41, 5.74) is 0. The zero-order valence-electron chi connectivity index (χ0n) is 44.4. The molecule has 0 saturated carbocycles. The third-order valence-corrected chi connectivity index (χ3v) is 13.0. The van der Waals surface area contributed by atoms with E-state index in [1.54, 1.807) is 6.08 Å². The summed E-state index contributed by atoms with van der Waals surface area (Å²) in [7, 11) is 0. The Hall–Kier alpha value is -2.44. The monoisotopic (exact) mass is 938 g/mol. The van der Waals surface area contributed by atoms with Crippen LogP contribution in [0.25, 0.3) is 0 Å². The molecule has 0 aliphatic carbocycles. The molecule has 0 spiro atoms. The predicted molar refractivity (Wildman–Crippen MR) is 292 cm³/mol. The van der Waals surface area contributed by atoms with Gasteiger partial charge in [-0.1, -0.05) is 254 Å². The first-order chi connectivity index (χ1) is 33.0. The Morgan fingerprint density at radius 2 is 0.761 bits per heavy atom. The van der Waals surface area contributed by atoms with Gasteiger partial charge in [0, 0.05) is 12.8 Å². The molecule has 1 amide bonds. The number of aliphatic hydroxyl groups is 2. The normalized spacial score (nSPS) is 13.1. The zero-order chi connectivity index (χ0) is 48.6. The van der Waals surface area contributed by atoms with Crippen LogP contribution in [-0.4, -0.2) is 47.4 Å². The second kappa shape index (κ2) is 56.2. The van der Waals surface area contributed by atoms with Gasteiger partial charge in [0.1, 0.15) is 0 Å². The highest BCUT2D eigenvalue weighted by Gasteiger charge is 2.17. The van der Waals surface area contributed by atoms with E-state index >= 15 is 0 Å². The van der Waals surface area contributed by atoms with Gasteiger partial charge in [0.2, 0.25) is 5.91 Å². The van der Waals surface area contributed by atoms with Gasteiger partial charge < -0.3 is 20.3 Å². The molecule has 390 valence electrons. The van der Waals surface area contributed by atoms with E-state index in [0.717, 1.165) is 57.8 Å². The number of amides is 1. The Morgan fingerprint density at radius 1 is 0.418 bits per heavy atom. The molecule has 3 N–H and O–H groups in total. The van der Waals surface area contributed by atoms with Gasteiger partial charge in [0.25, 0.3) is 0 Å². The van der Waals surface area contributed by atoms with E-state index in [4.69, 9.17) is 4.74 Å². The van der Waals surface area contributed by atoms with Crippen molar-refractivity contribution in [3.8, 4) is 0 Å². The van der Waals surface area contributed by atoms with Crippen LogP contribution in [0.5, 0.6) is 0 Å². The van der Waals surface area contributed by atoms with Gasteiger partial charge in [-0.05, 0) is 83.5 Å². The number of esters is 1. The molecular weight excluding hydrogens is 827 g/mol. The molecule has 0 fully saturated rings. The first kappa shape index (κ1) is 64.6. The molecule has 0 bridgehead atoms. The maximum atomic E-state index is 12.4. The second-order valence-corrected chi connectivity index (χ2v) is 19.6. The molecule has 0 rings (SSSR count). The molecule has 6 nitrogen and oxygen atoms in total. The molecule has 6 heteroatoms. The lowest BCUT2D eigenvalue weighted by Gasteiger charge is -2.19. The smallest absolute Gasteiger partial charge is 0.305 e. The van der Waals surface area contributed by atoms with Gasteiger partial charge in [-0.25, -0.2) is 0 Å². The Bertz CT molecular complexity index is 1170. The molecule has 0 aromatic carbocycles. The first-order valence-corrected chi connectivity index (χ1v) is 29.1. The topological polar surface area (TPSA) is 95.9 Å². The lowest BCUT2D eigenvalue weighted by Crippen LogP contribution is -2.45. The Kier molecular flexibility index (Phi) is 54.1. The van der Waals surface area contributed by atoms with E-state index < -0.39 is 12.1 Å². The summed E-state index contributed by atoms with van der Waals surface area (Å²) in [6.07, 6.45) is 72.5. The molecule has 2 unspecified atom stereocenters. The summed E-state index contributed by atoms with van der Waals surface area (Å²) < 4.78 is 5.46.